The number of anilines is 1. The van der Waals surface area contributed by atoms with Gasteiger partial charge < -0.3 is 19.8 Å². The van der Waals surface area contributed by atoms with Gasteiger partial charge in [0.15, 0.2) is 0 Å². The third kappa shape index (κ3) is 3.71. The highest BCUT2D eigenvalue weighted by Crippen LogP contribution is 2.33. The summed E-state index contributed by atoms with van der Waals surface area (Å²) in [6, 6.07) is 10.4. The van der Waals surface area contributed by atoms with Gasteiger partial charge in [-0.2, -0.15) is 10.2 Å². The summed E-state index contributed by atoms with van der Waals surface area (Å²) in [5.41, 5.74) is 0.652. The van der Waals surface area contributed by atoms with E-state index in [4.69, 9.17) is 4.74 Å². The van der Waals surface area contributed by atoms with Crippen LogP contribution in [0.3, 0.4) is 0 Å². The highest BCUT2D eigenvalue weighted by atomic mass is 16.5. The van der Waals surface area contributed by atoms with Crippen LogP contribution in [0.4, 0.5) is 5.69 Å². The van der Waals surface area contributed by atoms with Crippen LogP contribution in [0.1, 0.15) is 12.8 Å². The Hall–Kier alpha value is -3.62. The number of nitrogens with zero attached hydrogens (tertiary/aromatic N) is 5. The van der Waals surface area contributed by atoms with Crippen LogP contribution in [0.5, 0.6) is 11.6 Å². The number of carbonyl (C=O) groups is 1. The number of aromatic nitrogens is 4. The molecule has 1 aromatic carbocycles. The molecular weight excluding hydrogens is 374 g/mol. The molecule has 3 aromatic rings. The lowest BCUT2D eigenvalue weighted by Gasteiger charge is -2.39. The van der Waals surface area contributed by atoms with Gasteiger partial charge in [-0.25, -0.2) is 4.79 Å². The van der Waals surface area contributed by atoms with E-state index < -0.39 is 11.6 Å². The molecule has 3 heterocycles. The normalized spacial score (nSPS) is 15.8. The van der Waals surface area contributed by atoms with Gasteiger partial charge >= 0.3 is 5.97 Å². The van der Waals surface area contributed by atoms with Gasteiger partial charge in [0.25, 0.3) is 0 Å². The Morgan fingerprint density at radius 1 is 1.21 bits per heavy atom. The van der Waals surface area contributed by atoms with Crippen molar-refractivity contribution in [2.24, 2.45) is 7.05 Å². The number of piperidine rings is 1. The van der Waals surface area contributed by atoms with Crippen LogP contribution in [0.2, 0.25) is 0 Å². The predicted octanol–water partition coefficient (Wildman–Crippen LogP) is 2.09. The van der Waals surface area contributed by atoms with Crippen LogP contribution in [0, 0.1) is 0 Å². The number of hydrogen-bond acceptors (Lipinski definition) is 7. The molecule has 9 heteroatoms. The molecule has 0 radical (unpaired) electrons. The van der Waals surface area contributed by atoms with Crippen LogP contribution in [-0.4, -0.2) is 54.9 Å². The Morgan fingerprint density at radius 3 is 2.62 bits per heavy atom. The number of hydrogen-bond donors (Lipinski definition) is 2. The van der Waals surface area contributed by atoms with E-state index in [1.54, 1.807) is 48.4 Å². The van der Waals surface area contributed by atoms with E-state index >= 15 is 0 Å². The zero-order chi connectivity index (χ0) is 20.4. The second-order valence-electron chi connectivity index (χ2n) is 7.03. The Balaban J connectivity index is 1.52. The van der Waals surface area contributed by atoms with Gasteiger partial charge in [0.1, 0.15) is 5.75 Å². The summed E-state index contributed by atoms with van der Waals surface area (Å²) in [6.45, 7) is 0.954. The number of carboxylic acids is 1. The molecule has 9 nitrogen and oxygen atoms in total. The van der Waals surface area contributed by atoms with E-state index in [1.165, 1.54) is 0 Å². The minimum atomic E-state index is -1.31. The molecule has 0 atom stereocenters. The summed E-state index contributed by atoms with van der Waals surface area (Å²) >= 11 is 0. The minimum Gasteiger partial charge on any atom is -0.507 e. The summed E-state index contributed by atoms with van der Waals surface area (Å²) < 4.78 is 7.37. The molecular formula is C20H21N5O4. The maximum atomic E-state index is 12.0. The van der Waals surface area contributed by atoms with Crippen LogP contribution in [0.25, 0.3) is 11.3 Å². The molecule has 1 aliphatic rings. The minimum absolute atomic E-state index is 0.131. The summed E-state index contributed by atoms with van der Waals surface area (Å²) in [4.78, 5) is 14.0. The number of benzene rings is 1. The number of para-hydroxylation sites is 1. The highest BCUT2D eigenvalue weighted by molar-refractivity contribution is 5.78. The molecule has 0 spiro atoms. The Kier molecular flexibility index (Phi) is 4.79. The second kappa shape index (κ2) is 7.42. The van der Waals surface area contributed by atoms with E-state index in [1.807, 2.05) is 17.0 Å². The fourth-order valence-corrected chi connectivity index (χ4v) is 3.49. The van der Waals surface area contributed by atoms with E-state index in [9.17, 15) is 15.0 Å². The number of phenolic OH excluding ortho intramolecular Hbond substituents is 1. The molecule has 29 heavy (non-hydrogen) atoms. The number of carboxylic acid groups (broad SMARTS) is 1. The molecule has 4 rings (SSSR count). The van der Waals surface area contributed by atoms with Crippen LogP contribution in [-0.2, 0) is 11.8 Å². The molecule has 2 aromatic heterocycles. The van der Waals surface area contributed by atoms with E-state index in [0.717, 1.165) is 5.69 Å². The first kappa shape index (κ1) is 18.7. The van der Waals surface area contributed by atoms with Gasteiger partial charge in [-0.05, 0) is 18.2 Å². The first-order valence-electron chi connectivity index (χ1n) is 9.25. The summed E-state index contributed by atoms with van der Waals surface area (Å²) in [5, 5.41) is 32.2. The van der Waals surface area contributed by atoms with Gasteiger partial charge in [0.2, 0.25) is 11.5 Å². The molecule has 150 valence electrons. The van der Waals surface area contributed by atoms with Gasteiger partial charge in [-0.1, -0.05) is 12.1 Å². The predicted molar refractivity (Wildman–Crippen MR) is 105 cm³/mol. The Bertz CT molecular complexity index is 1030. The lowest BCUT2D eigenvalue weighted by atomic mass is 9.91. The summed E-state index contributed by atoms with van der Waals surface area (Å²) in [6.07, 6.45) is 3.94. The van der Waals surface area contributed by atoms with E-state index in [0.29, 0.717) is 43.1 Å². The lowest BCUT2D eigenvalue weighted by Crippen LogP contribution is -2.53. The van der Waals surface area contributed by atoms with Crippen molar-refractivity contribution >= 4 is 11.7 Å². The van der Waals surface area contributed by atoms with Gasteiger partial charge in [0, 0.05) is 50.8 Å². The number of phenols is 1. The third-order valence-electron chi connectivity index (χ3n) is 5.14. The SMILES string of the molecule is Cn1ccc(OC2(C(=O)O)CCN(c3cnnc(-c4ccccc4O)c3)CC2)n1. The number of aliphatic carboxylic acids is 1. The molecule has 0 bridgehead atoms. The molecule has 0 amide bonds. The average Bonchev–Trinajstić information content (AvgIpc) is 3.13. The number of aryl methyl sites for hydroxylation is 1. The highest BCUT2D eigenvalue weighted by Gasteiger charge is 2.44. The second-order valence-corrected chi connectivity index (χ2v) is 7.03. The maximum absolute atomic E-state index is 12.0. The van der Waals surface area contributed by atoms with E-state index in [2.05, 4.69) is 15.3 Å². The molecule has 1 aliphatic heterocycles. The number of rotatable bonds is 5. The van der Waals surface area contributed by atoms with Crippen LogP contribution >= 0.6 is 0 Å². The standard InChI is InChI=1S/C20H21N5O4/c1-24-9-6-18(23-24)29-20(19(27)28)7-10-25(11-8-20)14-12-16(22-21-13-14)15-4-2-3-5-17(15)26/h2-6,9,12-13,26H,7-8,10-11H2,1H3,(H,27,28). The molecule has 2 N–H and O–H groups in total. The first-order chi connectivity index (χ1) is 14.0. The molecule has 1 fully saturated rings. The van der Waals surface area contributed by atoms with Crippen molar-refractivity contribution in [2.75, 3.05) is 18.0 Å². The van der Waals surface area contributed by atoms with Gasteiger partial charge in [-0.3, -0.25) is 4.68 Å². The zero-order valence-electron chi connectivity index (χ0n) is 15.9. The fraction of sp³-hybridized carbons (Fsp3) is 0.300. The van der Waals surface area contributed by atoms with Crippen molar-refractivity contribution < 1.29 is 19.7 Å². The summed E-state index contributed by atoms with van der Waals surface area (Å²) in [5.74, 6) is -0.562. The first-order valence-corrected chi connectivity index (χ1v) is 9.25. The number of ether oxygens (including phenoxy) is 1. The van der Waals surface area contributed by atoms with Crippen molar-refractivity contribution in [1.82, 2.24) is 20.0 Å². The quantitative estimate of drug-likeness (QED) is 0.675. The van der Waals surface area contributed by atoms with Crippen LogP contribution in [0.15, 0.2) is 48.8 Å². The molecule has 0 unspecified atom stereocenters. The van der Waals surface area contributed by atoms with Gasteiger partial charge in [-0.15, -0.1) is 5.10 Å². The summed E-state index contributed by atoms with van der Waals surface area (Å²) in [7, 11) is 1.75. The van der Waals surface area contributed by atoms with Crippen molar-refractivity contribution in [1.29, 1.82) is 0 Å². The van der Waals surface area contributed by atoms with Crippen molar-refractivity contribution in [3.63, 3.8) is 0 Å². The van der Waals surface area contributed by atoms with Crippen molar-refractivity contribution in [2.45, 2.75) is 18.4 Å². The van der Waals surface area contributed by atoms with Gasteiger partial charge in [0.05, 0.1) is 17.6 Å². The maximum Gasteiger partial charge on any atom is 0.348 e. The average molecular weight is 395 g/mol. The Morgan fingerprint density at radius 2 is 1.97 bits per heavy atom. The lowest BCUT2D eigenvalue weighted by molar-refractivity contribution is -0.157. The zero-order valence-corrected chi connectivity index (χ0v) is 15.9. The smallest absolute Gasteiger partial charge is 0.348 e. The topological polar surface area (TPSA) is 114 Å². The monoisotopic (exact) mass is 395 g/mol. The number of aromatic hydroxyl groups is 1. The fourth-order valence-electron chi connectivity index (χ4n) is 3.49. The Labute approximate surface area is 167 Å². The largest absolute Gasteiger partial charge is 0.507 e. The van der Waals surface area contributed by atoms with E-state index in [-0.39, 0.29) is 5.75 Å². The van der Waals surface area contributed by atoms with Crippen molar-refractivity contribution in [3.05, 3.63) is 48.8 Å². The third-order valence-corrected chi connectivity index (χ3v) is 5.14. The molecule has 1 saturated heterocycles. The van der Waals surface area contributed by atoms with Crippen LogP contribution < -0.4 is 9.64 Å². The molecule has 0 saturated carbocycles. The molecule has 0 aliphatic carbocycles. The van der Waals surface area contributed by atoms with Crippen molar-refractivity contribution in [3.8, 4) is 22.9 Å².